The Bertz CT molecular complexity index is 1060. The number of aromatic nitrogens is 1. The predicted molar refractivity (Wildman–Crippen MR) is 119 cm³/mol. The Hall–Kier alpha value is -2.77. The summed E-state index contributed by atoms with van der Waals surface area (Å²) in [6.45, 7) is 4.38. The third-order valence-corrected chi connectivity index (χ3v) is 6.48. The molecule has 3 aromatic rings. The largest absolute Gasteiger partial charge is 0.353 e. The molecule has 156 valence electrons. The van der Waals surface area contributed by atoms with Gasteiger partial charge in [-0.1, -0.05) is 42.5 Å². The zero-order chi connectivity index (χ0) is 21.1. The molecule has 1 aromatic heterocycles. The first kappa shape index (κ1) is 20.5. The average molecular weight is 423 g/mol. The Morgan fingerprint density at radius 3 is 2.87 bits per heavy atom. The lowest BCUT2D eigenvalue weighted by atomic mass is 10.0. The van der Waals surface area contributed by atoms with Crippen molar-refractivity contribution in [1.82, 2.24) is 20.1 Å². The van der Waals surface area contributed by atoms with Gasteiger partial charge in [-0.2, -0.15) is 0 Å². The Balaban J connectivity index is 1.48. The fourth-order valence-corrected chi connectivity index (χ4v) is 4.73. The number of carbonyl (C=O) groups is 2. The molecule has 0 aliphatic carbocycles. The topological polar surface area (TPSA) is 65.5 Å². The van der Waals surface area contributed by atoms with Crippen LogP contribution in [0, 0.1) is 6.92 Å². The number of thiazole rings is 1. The number of aryl methyl sites for hydroxylation is 1. The van der Waals surface area contributed by atoms with E-state index >= 15 is 0 Å². The molecule has 1 saturated heterocycles. The van der Waals surface area contributed by atoms with E-state index in [2.05, 4.69) is 39.5 Å². The van der Waals surface area contributed by atoms with E-state index < -0.39 is 6.04 Å². The molecule has 2 amide bonds. The molecular formula is C23H26N4O2S. The van der Waals surface area contributed by atoms with Gasteiger partial charge in [0, 0.05) is 37.8 Å². The minimum Gasteiger partial charge on any atom is -0.353 e. The highest BCUT2D eigenvalue weighted by molar-refractivity contribution is 7.09. The Kier molecular flexibility index (Phi) is 6.11. The maximum Gasteiger partial charge on any atom is 0.237 e. The summed E-state index contributed by atoms with van der Waals surface area (Å²) in [7, 11) is 1.77. The molecule has 1 fully saturated rings. The first-order valence-corrected chi connectivity index (χ1v) is 11.0. The summed E-state index contributed by atoms with van der Waals surface area (Å²) in [5.41, 5.74) is 2.13. The van der Waals surface area contributed by atoms with Gasteiger partial charge in [-0.3, -0.25) is 14.5 Å². The van der Waals surface area contributed by atoms with Crippen LogP contribution < -0.4 is 5.32 Å². The van der Waals surface area contributed by atoms with E-state index in [0.717, 1.165) is 17.2 Å². The summed E-state index contributed by atoms with van der Waals surface area (Å²) >= 11 is 1.55. The van der Waals surface area contributed by atoms with Crippen LogP contribution >= 0.6 is 11.3 Å². The second-order valence-corrected chi connectivity index (χ2v) is 8.69. The summed E-state index contributed by atoms with van der Waals surface area (Å²) in [6, 6.07) is 14.0. The lowest BCUT2D eigenvalue weighted by Gasteiger charge is -2.35. The Labute approximate surface area is 180 Å². The Morgan fingerprint density at radius 2 is 2.07 bits per heavy atom. The van der Waals surface area contributed by atoms with Crippen LogP contribution in [0.4, 0.5) is 0 Å². The van der Waals surface area contributed by atoms with Gasteiger partial charge in [-0.15, -0.1) is 11.3 Å². The average Bonchev–Trinajstić information content (AvgIpc) is 3.15. The Morgan fingerprint density at radius 1 is 1.27 bits per heavy atom. The number of nitrogens with zero attached hydrogens (tertiary/aromatic N) is 3. The van der Waals surface area contributed by atoms with Gasteiger partial charge in [0.1, 0.15) is 5.01 Å². The van der Waals surface area contributed by atoms with Gasteiger partial charge in [0.05, 0.1) is 19.0 Å². The minimum atomic E-state index is -0.467. The highest BCUT2D eigenvalue weighted by Gasteiger charge is 2.32. The fraction of sp³-hybridized carbons (Fsp3) is 0.348. The number of hydrogen-bond acceptors (Lipinski definition) is 5. The van der Waals surface area contributed by atoms with Crippen molar-refractivity contribution in [2.45, 2.75) is 32.5 Å². The predicted octanol–water partition coefficient (Wildman–Crippen LogP) is 2.95. The van der Waals surface area contributed by atoms with Gasteiger partial charge in [-0.25, -0.2) is 4.98 Å². The zero-order valence-electron chi connectivity index (χ0n) is 17.3. The summed E-state index contributed by atoms with van der Waals surface area (Å²) < 4.78 is 0. The van der Waals surface area contributed by atoms with Gasteiger partial charge in [-0.05, 0) is 23.3 Å². The fourth-order valence-electron chi connectivity index (χ4n) is 3.91. The third-order valence-electron chi connectivity index (χ3n) is 5.53. The summed E-state index contributed by atoms with van der Waals surface area (Å²) in [5, 5.41) is 8.18. The molecular weight excluding hydrogens is 396 g/mol. The maximum atomic E-state index is 12.9. The maximum absolute atomic E-state index is 12.9. The van der Waals surface area contributed by atoms with Crippen LogP contribution in [-0.4, -0.2) is 52.8 Å². The monoisotopic (exact) mass is 422 g/mol. The van der Waals surface area contributed by atoms with E-state index in [9.17, 15) is 9.59 Å². The van der Waals surface area contributed by atoms with Crippen LogP contribution in [0.3, 0.4) is 0 Å². The molecule has 1 atom stereocenters. The van der Waals surface area contributed by atoms with Gasteiger partial charge in [0.25, 0.3) is 0 Å². The van der Waals surface area contributed by atoms with Crippen LogP contribution in [0.5, 0.6) is 0 Å². The molecule has 0 bridgehead atoms. The van der Waals surface area contributed by atoms with E-state index in [1.807, 2.05) is 30.5 Å². The van der Waals surface area contributed by atoms with Gasteiger partial charge in [0.15, 0.2) is 0 Å². The number of rotatable bonds is 6. The van der Waals surface area contributed by atoms with Crippen LogP contribution in [0.1, 0.15) is 22.7 Å². The molecule has 1 N–H and O–H groups in total. The standard InChI is InChI=1S/C23H26N4O2S/c1-16-15-30-21(25-16)14-26(2)22(28)12-20-23(29)24-10-11-27(20)13-18-8-5-7-17-6-3-4-9-19(17)18/h3-9,15,20H,10-14H2,1-2H3,(H,24,29)/t20-/m1/s1. The molecule has 30 heavy (non-hydrogen) atoms. The van der Waals surface area contributed by atoms with E-state index in [1.54, 1.807) is 23.3 Å². The van der Waals surface area contributed by atoms with E-state index in [4.69, 9.17) is 0 Å². The van der Waals surface area contributed by atoms with Crippen molar-refractivity contribution in [1.29, 1.82) is 0 Å². The molecule has 2 aromatic carbocycles. The molecule has 0 unspecified atom stereocenters. The van der Waals surface area contributed by atoms with Crippen molar-refractivity contribution in [3.63, 3.8) is 0 Å². The smallest absolute Gasteiger partial charge is 0.237 e. The molecule has 0 spiro atoms. The van der Waals surface area contributed by atoms with Gasteiger partial charge in [0.2, 0.25) is 11.8 Å². The molecule has 1 aliphatic rings. The number of benzene rings is 2. The molecule has 0 radical (unpaired) electrons. The van der Waals surface area contributed by atoms with Crippen molar-refractivity contribution in [3.8, 4) is 0 Å². The van der Waals surface area contributed by atoms with E-state index in [-0.39, 0.29) is 18.2 Å². The van der Waals surface area contributed by atoms with Gasteiger partial charge < -0.3 is 10.2 Å². The lowest BCUT2D eigenvalue weighted by molar-refractivity contribution is -0.138. The number of piperazine rings is 1. The second-order valence-electron chi connectivity index (χ2n) is 7.75. The molecule has 7 heteroatoms. The highest BCUT2D eigenvalue weighted by atomic mass is 32.1. The highest BCUT2D eigenvalue weighted by Crippen LogP contribution is 2.22. The third kappa shape index (κ3) is 4.52. The number of amides is 2. The molecule has 1 aliphatic heterocycles. The van der Waals surface area contributed by atoms with E-state index in [0.29, 0.717) is 19.6 Å². The van der Waals surface area contributed by atoms with Crippen LogP contribution in [-0.2, 0) is 22.7 Å². The van der Waals surface area contributed by atoms with Crippen LogP contribution in [0.25, 0.3) is 10.8 Å². The molecule has 0 saturated carbocycles. The normalized spacial score (nSPS) is 17.1. The number of hydrogen-bond donors (Lipinski definition) is 1. The van der Waals surface area contributed by atoms with Gasteiger partial charge >= 0.3 is 0 Å². The summed E-state index contributed by atoms with van der Waals surface area (Å²) in [4.78, 5) is 33.7. The van der Waals surface area contributed by atoms with Crippen molar-refractivity contribution >= 4 is 33.9 Å². The first-order valence-electron chi connectivity index (χ1n) is 10.1. The van der Waals surface area contributed by atoms with Crippen LogP contribution in [0.15, 0.2) is 47.8 Å². The zero-order valence-corrected chi connectivity index (χ0v) is 18.1. The van der Waals surface area contributed by atoms with Crippen molar-refractivity contribution < 1.29 is 9.59 Å². The number of carbonyl (C=O) groups excluding carboxylic acids is 2. The quantitative estimate of drug-likeness (QED) is 0.663. The summed E-state index contributed by atoms with van der Waals surface area (Å²) in [5.74, 6) is -0.124. The molecule has 2 heterocycles. The lowest BCUT2D eigenvalue weighted by Crippen LogP contribution is -2.56. The minimum absolute atomic E-state index is 0.0483. The summed E-state index contributed by atoms with van der Waals surface area (Å²) in [6.07, 6.45) is 0.164. The number of fused-ring (bicyclic) bond motifs is 1. The van der Waals surface area contributed by atoms with E-state index in [1.165, 1.54) is 16.3 Å². The first-order chi connectivity index (χ1) is 14.5. The van der Waals surface area contributed by atoms with Crippen molar-refractivity contribution in [2.24, 2.45) is 0 Å². The SMILES string of the molecule is Cc1csc(CN(C)C(=O)C[C@@H]2C(=O)NCCN2Cc2cccc3ccccc23)n1. The van der Waals surface area contributed by atoms with Crippen molar-refractivity contribution in [2.75, 3.05) is 20.1 Å². The number of nitrogens with one attached hydrogen (secondary N) is 1. The van der Waals surface area contributed by atoms with Crippen molar-refractivity contribution in [3.05, 3.63) is 64.1 Å². The van der Waals surface area contributed by atoms with Crippen LogP contribution in [0.2, 0.25) is 0 Å². The second kappa shape index (κ2) is 8.93. The molecule has 6 nitrogen and oxygen atoms in total. The molecule has 4 rings (SSSR count).